The zero-order valence-corrected chi connectivity index (χ0v) is 21.2. The molecule has 8 nitrogen and oxygen atoms in total. The van der Waals surface area contributed by atoms with Gasteiger partial charge in [0.1, 0.15) is 5.69 Å². The first-order valence-electron chi connectivity index (χ1n) is 12.8. The van der Waals surface area contributed by atoms with Crippen LogP contribution in [0.5, 0.6) is 0 Å². The molecule has 0 spiro atoms. The Hall–Kier alpha value is -3.59. The predicted molar refractivity (Wildman–Crippen MR) is 141 cm³/mol. The number of pyridine rings is 1. The fraction of sp³-hybridized carbons (Fsp3) is 0.393. The molecule has 0 aliphatic heterocycles. The van der Waals surface area contributed by atoms with Crippen molar-refractivity contribution in [2.45, 2.75) is 44.1 Å². The van der Waals surface area contributed by atoms with E-state index in [1.807, 2.05) is 23.6 Å². The van der Waals surface area contributed by atoms with Crippen molar-refractivity contribution in [2.24, 2.45) is 17.8 Å². The van der Waals surface area contributed by atoms with Gasteiger partial charge in [0.15, 0.2) is 5.13 Å². The zero-order valence-electron chi connectivity index (χ0n) is 20.4. The van der Waals surface area contributed by atoms with Crippen molar-refractivity contribution in [2.75, 3.05) is 11.9 Å². The summed E-state index contributed by atoms with van der Waals surface area (Å²) in [6, 6.07) is 11.9. The second kappa shape index (κ2) is 9.70. The SMILES string of the molecule is O=C(CNC(=O)c1ccc(C(=O)Nc2nc(-c3ccccn3)cs2)cc1)NC12CC3CC(CC(C3)C1)C2. The van der Waals surface area contributed by atoms with Crippen molar-refractivity contribution in [1.82, 2.24) is 20.6 Å². The molecule has 4 aliphatic carbocycles. The van der Waals surface area contributed by atoms with Crippen LogP contribution in [0.3, 0.4) is 0 Å². The molecule has 3 amide bonds. The van der Waals surface area contributed by atoms with Gasteiger partial charge in [-0.2, -0.15) is 0 Å². The number of nitrogens with zero attached hydrogens (tertiary/aromatic N) is 2. The van der Waals surface area contributed by atoms with Crippen molar-refractivity contribution >= 4 is 34.2 Å². The average molecular weight is 516 g/mol. The maximum absolute atomic E-state index is 12.7. The van der Waals surface area contributed by atoms with Crippen molar-refractivity contribution in [3.05, 3.63) is 65.2 Å². The summed E-state index contributed by atoms with van der Waals surface area (Å²) in [6.07, 6.45) is 8.87. The Kier molecular flexibility index (Phi) is 6.24. The van der Waals surface area contributed by atoms with E-state index in [0.717, 1.165) is 42.7 Å². The highest BCUT2D eigenvalue weighted by atomic mass is 32.1. The van der Waals surface area contributed by atoms with Gasteiger partial charge in [-0.25, -0.2) is 4.98 Å². The van der Waals surface area contributed by atoms with Gasteiger partial charge >= 0.3 is 0 Å². The van der Waals surface area contributed by atoms with Crippen molar-refractivity contribution in [1.29, 1.82) is 0 Å². The molecule has 3 N–H and O–H groups in total. The van der Waals surface area contributed by atoms with Gasteiger partial charge in [0.25, 0.3) is 11.8 Å². The molecular formula is C28H29N5O3S. The molecule has 2 heterocycles. The number of amides is 3. The zero-order chi connectivity index (χ0) is 25.4. The molecule has 190 valence electrons. The van der Waals surface area contributed by atoms with Gasteiger partial charge in [-0.3, -0.25) is 24.7 Å². The molecule has 0 atom stereocenters. The van der Waals surface area contributed by atoms with E-state index in [4.69, 9.17) is 0 Å². The lowest BCUT2D eigenvalue weighted by Crippen LogP contribution is -2.61. The smallest absolute Gasteiger partial charge is 0.257 e. The maximum atomic E-state index is 12.7. The van der Waals surface area contributed by atoms with Crippen LogP contribution in [0.4, 0.5) is 5.13 Å². The standard InChI is InChI=1S/C28H29N5O3S/c34-24(33-28-12-17-9-18(13-28)11-19(10-17)14-28)15-30-25(35)20-4-6-21(7-5-20)26(36)32-27-31-23(16-37-27)22-3-1-2-8-29-22/h1-8,16-19H,9-15H2,(H,30,35)(H,33,34)(H,31,32,36). The number of rotatable bonds is 7. The first-order chi connectivity index (χ1) is 17.9. The summed E-state index contributed by atoms with van der Waals surface area (Å²) in [4.78, 5) is 46.6. The van der Waals surface area contributed by atoms with Crippen LogP contribution >= 0.6 is 11.3 Å². The number of hydrogen-bond donors (Lipinski definition) is 3. The number of nitrogens with one attached hydrogen (secondary N) is 3. The lowest BCUT2D eigenvalue weighted by Gasteiger charge is -2.56. The van der Waals surface area contributed by atoms with Crippen molar-refractivity contribution in [3.63, 3.8) is 0 Å². The number of carbonyl (C=O) groups excluding carboxylic acids is 3. The van der Waals surface area contributed by atoms with Gasteiger partial charge in [-0.1, -0.05) is 6.07 Å². The van der Waals surface area contributed by atoms with Crippen LogP contribution in [0.2, 0.25) is 0 Å². The highest BCUT2D eigenvalue weighted by Crippen LogP contribution is 2.55. The number of aromatic nitrogens is 2. The minimum absolute atomic E-state index is 0.0501. The minimum Gasteiger partial charge on any atom is -0.349 e. The number of hydrogen-bond acceptors (Lipinski definition) is 6. The van der Waals surface area contributed by atoms with E-state index in [2.05, 4.69) is 25.9 Å². The summed E-state index contributed by atoms with van der Waals surface area (Å²) >= 11 is 1.32. The molecule has 1 aromatic carbocycles. The van der Waals surface area contributed by atoms with Gasteiger partial charge in [0.05, 0.1) is 12.2 Å². The molecule has 9 heteroatoms. The highest BCUT2D eigenvalue weighted by molar-refractivity contribution is 7.14. The third-order valence-corrected chi connectivity index (χ3v) is 8.67. The van der Waals surface area contributed by atoms with Crippen LogP contribution < -0.4 is 16.0 Å². The number of benzene rings is 1. The first kappa shape index (κ1) is 23.8. The molecule has 7 rings (SSSR count). The normalized spacial score (nSPS) is 25.5. The molecule has 0 saturated heterocycles. The van der Waals surface area contributed by atoms with E-state index < -0.39 is 0 Å². The molecule has 4 aliphatic rings. The van der Waals surface area contributed by atoms with Gasteiger partial charge in [-0.15, -0.1) is 11.3 Å². The fourth-order valence-electron chi connectivity index (χ4n) is 6.77. The van der Waals surface area contributed by atoms with Gasteiger partial charge in [-0.05, 0) is 92.7 Å². The number of anilines is 1. The van der Waals surface area contributed by atoms with Crippen LogP contribution in [0.15, 0.2) is 54.0 Å². The monoisotopic (exact) mass is 515 g/mol. The van der Waals surface area contributed by atoms with E-state index in [1.165, 1.54) is 30.6 Å². The Morgan fingerprint density at radius 2 is 1.51 bits per heavy atom. The molecule has 37 heavy (non-hydrogen) atoms. The maximum Gasteiger partial charge on any atom is 0.257 e. The quantitative estimate of drug-likeness (QED) is 0.435. The molecule has 4 fully saturated rings. The van der Waals surface area contributed by atoms with E-state index in [-0.39, 0.29) is 29.8 Å². The second-order valence-corrected chi connectivity index (χ2v) is 11.6. The Balaban J connectivity index is 1.00. The van der Waals surface area contributed by atoms with E-state index in [0.29, 0.717) is 22.0 Å². The lowest BCUT2D eigenvalue weighted by molar-refractivity contribution is -0.125. The van der Waals surface area contributed by atoms with Crippen LogP contribution in [-0.2, 0) is 4.79 Å². The summed E-state index contributed by atoms with van der Waals surface area (Å²) in [7, 11) is 0. The summed E-state index contributed by atoms with van der Waals surface area (Å²) in [5.41, 5.74) is 2.17. The van der Waals surface area contributed by atoms with Crippen LogP contribution in [0, 0.1) is 17.8 Å². The van der Waals surface area contributed by atoms with Crippen LogP contribution in [0.1, 0.15) is 59.2 Å². The number of thiazole rings is 1. The largest absolute Gasteiger partial charge is 0.349 e. The van der Waals surface area contributed by atoms with Gasteiger partial charge in [0.2, 0.25) is 5.91 Å². The van der Waals surface area contributed by atoms with Crippen molar-refractivity contribution < 1.29 is 14.4 Å². The fourth-order valence-corrected chi connectivity index (χ4v) is 7.47. The minimum atomic E-state index is -0.340. The third kappa shape index (κ3) is 5.13. The molecular weight excluding hydrogens is 486 g/mol. The first-order valence-corrected chi connectivity index (χ1v) is 13.7. The van der Waals surface area contributed by atoms with Crippen LogP contribution in [0.25, 0.3) is 11.4 Å². The summed E-state index contributed by atoms with van der Waals surface area (Å²) in [5, 5.41) is 11.1. The Bertz CT molecular complexity index is 1290. The summed E-state index contributed by atoms with van der Waals surface area (Å²) in [6.45, 7) is -0.0501. The van der Waals surface area contributed by atoms with Crippen LogP contribution in [-0.4, -0.2) is 39.8 Å². The Labute approximate surface area is 219 Å². The van der Waals surface area contributed by atoms with Crippen molar-refractivity contribution in [3.8, 4) is 11.4 Å². The van der Waals surface area contributed by atoms with E-state index in [1.54, 1.807) is 30.5 Å². The summed E-state index contributed by atoms with van der Waals surface area (Å²) in [5.74, 6) is 1.46. The Morgan fingerprint density at radius 3 is 2.14 bits per heavy atom. The topological polar surface area (TPSA) is 113 Å². The molecule has 4 bridgehead atoms. The molecule has 4 saturated carbocycles. The molecule has 2 aromatic heterocycles. The molecule has 0 unspecified atom stereocenters. The second-order valence-electron chi connectivity index (χ2n) is 10.7. The summed E-state index contributed by atoms with van der Waals surface area (Å²) < 4.78 is 0. The average Bonchev–Trinajstić information content (AvgIpc) is 3.35. The van der Waals surface area contributed by atoms with E-state index >= 15 is 0 Å². The third-order valence-electron chi connectivity index (χ3n) is 7.91. The Morgan fingerprint density at radius 1 is 0.865 bits per heavy atom. The number of carbonyl (C=O) groups is 3. The molecule has 3 aromatic rings. The van der Waals surface area contributed by atoms with Gasteiger partial charge < -0.3 is 10.6 Å². The molecule has 0 radical (unpaired) electrons. The lowest BCUT2D eigenvalue weighted by atomic mass is 9.53. The predicted octanol–water partition coefficient (Wildman–Crippen LogP) is 4.27. The van der Waals surface area contributed by atoms with E-state index in [9.17, 15) is 14.4 Å². The highest BCUT2D eigenvalue weighted by Gasteiger charge is 2.51. The van der Waals surface area contributed by atoms with Gasteiger partial charge in [0, 0.05) is 28.2 Å².